The highest BCUT2D eigenvalue weighted by atomic mass is 35.5. The summed E-state index contributed by atoms with van der Waals surface area (Å²) in [6, 6.07) is 10.6. The number of rotatable bonds is 6. The smallest absolute Gasteiger partial charge is 0.342 e. The number of amides is 2. The van der Waals surface area contributed by atoms with Gasteiger partial charge in [-0.2, -0.15) is 5.10 Å². The summed E-state index contributed by atoms with van der Waals surface area (Å²) in [7, 11) is 1.69. The van der Waals surface area contributed by atoms with E-state index in [1.54, 1.807) is 54.5 Å². The summed E-state index contributed by atoms with van der Waals surface area (Å²) in [4.78, 5) is 36.6. The molecule has 0 bridgehead atoms. The summed E-state index contributed by atoms with van der Waals surface area (Å²) in [6.45, 7) is 3.24. The van der Waals surface area contributed by atoms with Gasteiger partial charge in [0.05, 0.1) is 17.9 Å². The van der Waals surface area contributed by atoms with Crippen LogP contribution in [-0.2, 0) is 23.1 Å². The Morgan fingerprint density at radius 3 is 2.53 bits per heavy atom. The molecule has 1 N–H and O–H groups in total. The van der Waals surface area contributed by atoms with Gasteiger partial charge in [0.15, 0.2) is 6.61 Å². The first-order valence-electron chi connectivity index (χ1n) is 9.18. The number of nitrogens with zero attached hydrogens (tertiary/aromatic N) is 3. The Morgan fingerprint density at radius 2 is 1.87 bits per heavy atom. The van der Waals surface area contributed by atoms with E-state index < -0.39 is 24.4 Å². The molecule has 2 aromatic heterocycles. The molecule has 2 amide bonds. The van der Waals surface area contributed by atoms with E-state index in [4.69, 9.17) is 16.3 Å². The van der Waals surface area contributed by atoms with Gasteiger partial charge in [0.25, 0.3) is 11.8 Å². The van der Waals surface area contributed by atoms with Gasteiger partial charge in [0.2, 0.25) is 0 Å². The van der Waals surface area contributed by atoms with Crippen molar-refractivity contribution in [3.05, 3.63) is 75.8 Å². The fourth-order valence-corrected chi connectivity index (χ4v) is 3.26. The molecule has 0 aliphatic carbocycles. The summed E-state index contributed by atoms with van der Waals surface area (Å²) in [5.74, 6) is -1.96. The zero-order valence-electron chi connectivity index (χ0n) is 16.8. The predicted octanol–water partition coefficient (Wildman–Crippen LogP) is 2.65. The van der Waals surface area contributed by atoms with E-state index in [1.807, 2.05) is 18.2 Å². The summed E-state index contributed by atoms with van der Waals surface area (Å²) in [5.41, 5.74) is 2.54. The Hall–Kier alpha value is -3.39. The molecule has 2 heterocycles. The normalized spacial score (nSPS) is 10.7. The first-order chi connectivity index (χ1) is 14.3. The number of nitrogens with one attached hydrogen (secondary N) is 1. The monoisotopic (exact) mass is 428 g/mol. The number of aromatic nitrogens is 3. The highest BCUT2D eigenvalue weighted by Gasteiger charge is 2.22. The van der Waals surface area contributed by atoms with Gasteiger partial charge < -0.3 is 9.30 Å². The van der Waals surface area contributed by atoms with Crippen molar-refractivity contribution < 1.29 is 19.1 Å². The lowest BCUT2D eigenvalue weighted by Crippen LogP contribution is -2.35. The summed E-state index contributed by atoms with van der Waals surface area (Å²) < 4.78 is 8.33. The minimum atomic E-state index is -0.715. The molecule has 9 heteroatoms. The molecule has 3 rings (SSSR count). The molecule has 0 aliphatic heterocycles. The Bertz CT molecular complexity index is 1120. The van der Waals surface area contributed by atoms with Crippen LogP contribution in [0.1, 0.15) is 37.8 Å². The van der Waals surface area contributed by atoms with Crippen LogP contribution in [0.25, 0.3) is 0 Å². The van der Waals surface area contributed by atoms with Crippen LogP contribution in [0.3, 0.4) is 0 Å². The van der Waals surface area contributed by atoms with Crippen molar-refractivity contribution in [1.29, 1.82) is 0 Å². The third kappa shape index (κ3) is 4.60. The number of carbonyl (C=O) groups is 3. The van der Waals surface area contributed by atoms with E-state index in [9.17, 15) is 14.4 Å². The van der Waals surface area contributed by atoms with E-state index in [0.717, 1.165) is 5.56 Å². The second-order valence-electron chi connectivity index (χ2n) is 6.75. The van der Waals surface area contributed by atoms with Gasteiger partial charge in [-0.1, -0.05) is 29.8 Å². The number of imide groups is 1. The standard InChI is InChI=1S/C21H21ClN4O4/c1-13-19(14(2)26(24-13)11-15-7-4-5-8-16(15)22)21(29)30-12-18(27)23-20(28)17-9-6-10-25(17)3/h4-10H,11-12H2,1-3H3,(H,23,27,28). The molecule has 0 radical (unpaired) electrons. The molecule has 3 aromatic rings. The van der Waals surface area contributed by atoms with Crippen molar-refractivity contribution in [2.45, 2.75) is 20.4 Å². The Balaban J connectivity index is 1.63. The van der Waals surface area contributed by atoms with Crippen LogP contribution in [0.2, 0.25) is 5.02 Å². The molecule has 0 saturated heterocycles. The van der Waals surface area contributed by atoms with E-state index in [-0.39, 0.29) is 5.56 Å². The van der Waals surface area contributed by atoms with E-state index in [2.05, 4.69) is 10.4 Å². The lowest BCUT2D eigenvalue weighted by molar-refractivity contribution is -0.123. The van der Waals surface area contributed by atoms with Crippen LogP contribution in [0.4, 0.5) is 0 Å². The van der Waals surface area contributed by atoms with Crippen molar-refractivity contribution in [2.75, 3.05) is 6.61 Å². The lowest BCUT2D eigenvalue weighted by atomic mass is 10.2. The minimum Gasteiger partial charge on any atom is -0.452 e. The predicted molar refractivity (Wildman–Crippen MR) is 110 cm³/mol. The number of carbonyl (C=O) groups excluding carboxylic acids is 3. The SMILES string of the molecule is Cc1nn(Cc2ccccc2Cl)c(C)c1C(=O)OCC(=O)NC(=O)c1cccn1C. The first-order valence-corrected chi connectivity index (χ1v) is 9.55. The molecule has 0 unspecified atom stereocenters. The first kappa shape index (κ1) is 21.3. The highest BCUT2D eigenvalue weighted by molar-refractivity contribution is 6.31. The fraction of sp³-hybridized carbons (Fsp3) is 0.238. The van der Waals surface area contributed by atoms with Gasteiger partial charge in [0, 0.05) is 18.3 Å². The van der Waals surface area contributed by atoms with Crippen molar-refractivity contribution in [1.82, 2.24) is 19.7 Å². The lowest BCUT2D eigenvalue weighted by Gasteiger charge is -2.08. The molecule has 8 nitrogen and oxygen atoms in total. The highest BCUT2D eigenvalue weighted by Crippen LogP contribution is 2.20. The van der Waals surface area contributed by atoms with Crippen LogP contribution < -0.4 is 5.32 Å². The average Bonchev–Trinajstić information content (AvgIpc) is 3.24. The van der Waals surface area contributed by atoms with Gasteiger partial charge in [-0.15, -0.1) is 0 Å². The number of halogens is 1. The number of esters is 1. The molecule has 30 heavy (non-hydrogen) atoms. The molecule has 0 aliphatic rings. The van der Waals surface area contributed by atoms with Crippen molar-refractivity contribution >= 4 is 29.4 Å². The van der Waals surface area contributed by atoms with Gasteiger partial charge in [0.1, 0.15) is 11.3 Å². The van der Waals surface area contributed by atoms with Crippen LogP contribution >= 0.6 is 11.6 Å². The zero-order chi connectivity index (χ0) is 21.8. The third-order valence-corrected chi connectivity index (χ3v) is 5.00. The topological polar surface area (TPSA) is 95.2 Å². The van der Waals surface area contributed by atoms with Crippen molar-refractivity contribution in [3.8, 4) is 0 Å². The van der Waals surface area contributed by atoms with E-state index in [1.165, 1.54) is 0 Å². The zero-order valence-corrected chi connectivity index (χ0v) is 17.6. The summed E-state index contributed by atoms with van der Waals surface area (Å²) >= 11 is 6.20. The minimum absolute atomic E-state index is 0.281. The Kier molecular flexibility index (Phi) is 6.37. The van der Waals surface area contributed by atoms with Crippen LogP contribution in [0, 0.1) is 13.8 Å². The molecular formula is C21H21ClN4O4. The number of hydrogen-bond acceptors (Lipinski definition) is 5. The molecule has 156 valence electrons. The molecule has 0 spiro atoms. The number of benzene rings is 1. The molecule has 0 saturated carbocycles. The maximum atomic E-state index is 12.5. The Labute approximate surface area is 178 Å². The maximum Gasteiger partial charge on any atom is 0.342 e. The van der Waals surface area contributed by atoms with Gasteiger partial charge in [-0.3, -0.25) is 19.6 Å². The molecule has 0 fully saturated rings. The van der Waals surface area contributed by atoms with Crippen LogP contribution in [0.15, 0.2) is 42.6 Å². The molecular weight excluding hydrogens is 408 g/mol. The van der Waals surface area contributed by atoms with E-state index in [0.29, 0.717) is 28.6 Å². The second kappa shape index (κ2) is 8.96. The summed E-state index contributed by atoms with van der Waals surface area (Å²) in [5, 5.41) is 7.18. The number of hydrogen-bond donors (Lipinski definition) is 1. The average molecular weight is 429 g/mol. The quantitative estimate of drug-likeness (QED) is 0.609. The summed E-state index contributed by atoms with van der Waals surface area (Å²) in [6.07, 6.45) is 1.69. The molecule has 0 atom stereocenters. The third-order valence-electron chi connectivity index (χ3n) is 4.63. The van der Waals surface area contributed by atoms with E-state index >= 15 is 0 Å². The maximum absolute atomic E-state index is 12.5. The van der Waals surface area contributed by atoms with Gasteiger partial charge in [-0.25, -0.2) is 4.79 Å². The van der Waals surface area contributed by atoms with Gasteiger partial charge >= 0.3 is 5.97 Å². The number of aryl methyl sites for hydroxylation is 2. The van der Waals surface area contributed by atoms with Crippen LogP contribution in [-0.4, -0.2) is 38.7 Å². The van der Waals surface area contributed by atoms with Gasteiger partial charge in [-0.05, 0) is 37.6 Å². The largest absolute Gasteiger partial charge is 0.452 e. The second-order valence-corrected chi connectivity index (χ2v) is 7.16. The molecule has 1 aromatic carbocycles. The van der Waals surface area contributed by atoms with Crippen molar-refractivity contribution in [2.24, 2.45) is 7.05 Å². The van der Waals surface area contributed by atoms with Crippen LogP contribution in [0.5, 0.6) is 0 Å². The number of ether oxygens (including phenoxy) is 1. The Morgan fingerprint density at radius 1 is 1.13 bits per heavy atom. The van der Waals surface area contributed by atoms with Crippen molar-refractivity contribution in [3.63, 3.8) is 0 Å². The fourth-order valence-electron chi connectivity index (χ4n) is 3.06.